The Bertz CT molecular complexity index is 667. The van der Waals surface area contributed by atoms with Crippen molar-refractivity contribution in [2.45, 2.75) is 44.5 Å². The van der Waals surface area contributed by atoms with Crippen LogP contribution in [0.3, 0.4) is 0 Å². The van der Waals surface area contributed by atoms with Crippen LogP contribution in [-0.4, -0.2) is 14.0 Å². The zero-order chi connectivity index (χ0) is 15.5. The molecule has 0 aliphatic carbocycles. The molecule has 21 heavy (non-hydrogen) atoms. The van der Waals surface area contributed by atoms with Gasteiger partial charge in [-0.05, 0) is 55.3 Å². The van der Waals surface area contributed by atoms with Crippen LogP contribution >= 0.6 is 11.3 Å². The Kier molecular flexibility index (Phi) is 4.88. The summed E-state index contributed by atoms with van der Waals surface area (Å²) in [5.41, 5.74) is 0.882. The molecular weight excluding hydrogens is 308 g/mol. The normalized spacial score (nSPS) is 12.7. The second-order valence-electron chi connectivity index (χ2n) is 5.78. The number of sulfonamides is 1. The summed E-state index contributed by atoms with van der Waals surface area (Å²) in [6, 6.07) is 5.04. The SMILES string of the molecule is CC(C)(C)NCc1ccc(S(=O)(=O)NCc2ccsc2)o1. The van der Waals surface area contributed by atoms with Crippen LogP contribution in [0.4, 0.5) is 0 Å². The van der Waals surface area contributed by atoms with Crippen LogP contribution in [0.1, 0.15) is 32.1 Å². The van der Waals surface area contributed by atoms with Gasteiger partial charge >= 0.3 is 0 Å². The Morgan fingerprint density at radius 3 is 2.57 bits per heavy atom. The molecule has 0 aliphatic heterocycles. The van der Waals surface area contributed by atoms with Crippen LogP contribution in [0.15, 0.2) is 38.5 Å². The second kappa shape index (κ2) is 6.31. The summed E-state index contributed by atoms with van der Waals surface area (Å²) < 4.78 is 32.2. The molecule has 0 spiro atoms. The van der Waals surface area contributed by atoms with Gasteiger partial charge in [0.25, 0.3) is 10.0 Å². The number of rotatable bonds is 6. The summed E-state index contributed by atoms with van der Waals surface area (Å²) in [4.78, 5) is 0. The topological polar surface area (TPSA) is 71.3 Å². The van der Waals surface area contributed by atoms with Crippen LogP contribution in [-0.2, 0) is 23.1 Å². The number of nitrogens with one attached hydrogen (secondary N) is 2. The Morgan fingerprint density at radius 1 is 1.19 bits per heavy atom. The van der Waals surface area contributed by atoms with Crippen molar-refractivity contribution in [2.75, 3.05) is 0 Å². The van der Waals surface area contributed by atoms with E-state index >= 15 is 0 Å². The molecule has 2 aromatic rings. The van der Waals surface area contributed by atoms with E-state index in [0.29, 0.717) is 12.3 Å². The molecule has 0 aliphatic rings. The van der Waals surface area contributed by atoms with Gasteiger partial charge in [-0.3, -0.25) is 0 Å². The predicted octanol–water partition coefficient (Wildman–Crippen LogP) is 2.71. The van der Waals surface area contributed by atoms with Gasteiger partial charge in [0.2, 0.25) is 5.09 Å². The average Bonchev–Trinajstić information content (AvgIpc) is 3.05. The smallest absolute Gasteiger partial charge is 0.274 e. The molecule has 0 aromatic carbocycles. The molecule has 0 atom stereocenters. The van der Waals surface area contributed by atoms with Crippen LogP contribution < -0.4 is 10.0 Å². The zero-order valence-electron chi connectivity index (χ0n) is 12.3. The highest BCUT2D eigenvalue weighted by molar-refractivity contribution is 7.89. The maximum atomic E-state index is 12.1. The fourth-order valence-corrected chi connectivity index (χ4v) is 3.22. The summed E-state index contributed by atoms with van der Waals surface area (Å²) in [5, 5.41) is 7.01. The van der Waals surface area contributed by atoms with Crippen molar-refractivity contribution in [3.8, 4) is 0 Å². The van der Waals surface area contributed by atoms with Crippen LogP contribution in [0.25, 0.3) is 0 Å². The van der Waals surface area contributed by atoms with E-state index < -0.39 is 10.0 Å². The largest absolute Gasteiger partial charge is 0.447 e. The van der Waals surface area contributed by atoms with E-state index in [2.05, 4.69) is 10.0 Å². The molecule has 0 unspecified atom stereocenters. The van der Waals surface area contributed by atoms with Gasteiger partial charge in [0.15, 0.2) is 0 Å². The molecule has 0 amide bonds. The molecule has 5 nitrogen and oxygen atoms in total. The molecule has 2 aromatic heterocycles. The molecule has 2 rings (SSSR count). The molecular formula is C14H20N2O3S2. The van der Waals surface area contributed by atoms with Crippen molar-refractivity contribution >= 4 is 21.4 Å². The first-order valence-corrected chi connectivity index (χ1v) is 9.03. The fraction of sp³-hybridized carbons (Fsp3) is 0.429. The van der Waals surface area contributed by atoms with E-state index in [9.17, 15) is 8.42 Å². The van der Waals surface area contributed by atoms with E-state index in [0.717, 1.165) is 5.56 Å². The summed E-state index contributed by atoms with van der Waals surface area (Å²) >= 11 is 1.53. The zero-order valence-corrected chi connectivity index (χ0v) is 14.0. The van der Waals surface area contributed by atoms with Crippen LogP contribution in [0.5, 0.6) is 0 Å². The highest BCUT2D eigenvalue weighted by atomic mass is 32.2. The first-order chi connectivity index (χ1) is 9.76. The molecule has 0 fully saturated rings. The van der Waals surface area contributed by atoms with Crippen LogP contribution in [0, 0.1) is 0 Å². The molecule has 116 valence electrons. The molecule has 2 N–H and O–H groups in total. The molecule has 0 radical (unpaired) electrons. The molecule has 7 heteroatoms. The summed E-state index contributed by atoms with van der Waals surface area (Å²) in [5.74, 6) is 0.598. The van der Waals surface area contributed by atoms with Crippen LogP contribution in [0.2, 0.25) is 0 Å². The Labute approximate surface area is 129 Å². The first kappa shape index (κ1) is 16.2. The fourth-order valence-electron chi connectivity index (χ4n) is 1.59. The van der Waals surface area contributed by atoms with Gasteiger partial charge < -0.3 is 9.73 Å². The van der Waals surface area contributed by atoms with E-state index in [4.69, 9.17) is 4.42 Å². The van der Waals surface area contributed by atoms with Gasteiger partial charge in [0.1, 0.15) is 5.76 Å². The monoisotopic (exact) mass is 328 g/mol. The third-order valence-electron chi connectivity index (χ3n) is 2.74. The number of hydrogen-bond donors (Lipinski definition) is 2. The molecule has 2 heterocycles. The third kappa shape index (κ3) is 4.96. The number of thiophene rings is 1. The third-order valence-corrected chi connectivity index (χ3v) is 4.75. The van der Waals surface area contributed by atoms with Crippen molar-refractivity contribution < 1.29 is 12.8 Å². The second-order valence-corrected chi connectivity index (χ2v) is 8.26. The maximum Gasteiger partial charge on any atom is 0.274 e. The lowest BCUT2D eigenvalue weighted by Gasteiger charge is -2.19. The highest BCUT2D eigenvalue weighted by Crippen LogP contribution is 2.15. The van der Waals surface area contributed by atoms with Gasteiger partial charge in [-0.25, -0.2) is 13.1 Å². The lowest BCUT2D eigenvalue weighted by molar-refractivity contribution is 0.359. The van der Waals surface area contributed by atoms with E-state index in [1.165, 1.54) is 17.4 Å². The standard InChI is InChI=1S/C14H20N2O3S2/c1-14(2,3)15-9-12-4-5-13(19-12)21(17,18)16-8-11-6-7-20-10-11/h4-7,10,15-16H,8-9H2,1-3H3. The van der Waals surface area contributed by atoms with Gasteiger partial charge in [-0.15, -0.1) is 0 Å². The number of hydrogen-bond acceptors (Lipinski definition) is 5. The molecule has 0 saturated heterocycles. The minimum absolute atomic E-state index is 0.0524. The van der Waals surface area contributed by atoms with Crippen molar-refractivity contribution in [1.82, 2.24) is 10.0 Å². The summed E-state index contributed by atoms with van der Waals surface area (Å²) in [7, 11) is -3.61. The molecule has 0 bridgehead atoms. The van der Waals surface area contributed by atoms with Gasteiger partial charge in [-0.2, -0.15) is 11.3 Å². The Balaban J connectivity index is 1.98. The van der Waals surface area contributed by atoms with Crippen molar-refractivity contribution in [3.63, 3.8) is 0 Å². The van der Waals surface area contributed by atoms with Crippen molar-refractivity contribution in [1.29, 1.82) is 0 Å². The minimum atomic E-state index is -3.61. The quantitative estimate of drug-likeness (QED) is 0.855. The van der Waals surface area contributed by atoms with E-state index in [-0.39, 0.29) is 17.2 Å². The van der Waals surface area contributed by atoms with Gasteiger partial charge in [-0.1, -0.05) is 0 Å². The van der Waals surface area contributed by atoms with Gasteiger partial charge in [0, 0.05) is 12.1 Å². The lowest BCUT2D eigenvalue weighted by Crippen LogP contribution is -2.34. The first-order valence-electron chi connectivity index (χ1n) is 6.61. The Hall–Kier alpha value is -1.15. The van der Waals surface area contributed by atoms with Crippen molar-refractivity contribution in [2.24, 2.45) is 0 Å². The summed E-state index contributed by atoms with van der Waals surface area (Å²) in [6.07, 6.45) is 0. The van der Waals surface area contributed by atoms with Gasteiger partial charge in [0.05, 0.1) is 6.54 Å². The summed E-state index contributed by atoms with van der Waals surface area (Å²) in [6.45, 7) is 6.87. The maximum absolute atomic E-state index is 12.1. The number of furan rings is 1. The average molecular weight is 328 g/mol. The van der Waals surface area contributed by atoms with E-state index in [1.807, 2.05) is 37.6 Å². The minimum Gasteiger partial charge on any atom is -0.447 e. The Morgan fingerprint density at radius 2 is 1.95 bits per heavy atom. The predicted molar refractivity (Wildman–Crippen MR) is 83.6 cm³/mol. The highest BCUT2D eigenvalue weighted by Gasteiger charge is 2.19. The van der Waals surface area contributed by atoms with Crippen molar-refractivity contribution in [3.05, 3.63) is 40.3 Å². The lowest BCUT2D eigenvalue weighted by atomic mass is 10.1. The van der Waals surface area contributed by atoms with E-state index in [1.54, 1.807) is 6.07 Å². The molecule has 0 saturated carbocycles.